The van der Waals surface area contributed by atoms with Crippen LogP contribution < -0.4 is 10.6 Å². The van der Waals surface area contributed by atoms with E-state index in [0.29, 0.717) is 25.3 Å². The first-order valence-electron chi connectivity index (χ1n) is 6.48. The second-order valence-corrected chi connectivity index (χ2v) is 6.91. The predicted molar refractivity (Wildman–Crippen MR) is 82.3 cm³/mol. The molecule has 1 saturated heterocycles. The molecule has 0 radical (unpaired) electrons. The maximum Gasteiger partial charge on any atom is 0.267 e. The maximum atomic E-state index is 12.6. The van der Waals surface area contributed by atoms with Crippen molar-refractivity contribution in [3.8, 4) is 0 Å². The van der Waals surface area contributed by atoms with Crippen LogP contribution in [-0.4, -0.2) is 55.9 Å². The fourth-order valence-corrected chi connectivity index (χ4v) is 3.89. The minimum Gasteiger partial charge on any atom is -0.354 e. The van der Waals surface area contributed by atoms with E-state index in [1.165, 1.54) is 28.2 Å². The largest absolute Gasteiger partial charge is 0.354 e. The van der Waals surface area contributed by atoms with Gasteiger partial charge in [-0.15, -0.1) is 12.4 Å². The van der Waals surface area contributed by atoms with Crippen LogP contribution in [0.1, 0.15) is 17.4 Å². The highest BCUT2D eigenvalue weighted by molar-refractivity contribution is 7.89. The molecule has 0 unspecified atom stereocenters. The van der Waals surface area contributed by atoms with Crippen LogP contribution in [0.15, 0.2) is 17.2 Å². The topological polar surface area (TPSA) is 83.4 Å². The minimum absolute atomic E-state index is 0. The lowest BCUT2D eigenvalue weighted by molar-refractivity contribution is 0.0955. The second-order valence-electron chi connectivity index (χ2n) is 4.97. The summed E-state index contributed by atoms with van der Waals surface area (Å²) in [5.74, 6) is -0.303. The molecule has 7 nitrogen and oxygen atoms in total. The number of hydrogen-bond donors (Lipinski definition) is 2. The number of aryl methyl sites for hydroxylation is 1. The molecule has 0 spiro atoms. The zero-order chi connectivity index (χ0) is 14.9. The molecule has 2 rings (SSSR count). The van der Waals surface area contributed by atoms with Gasteiger partial charge in [-0.3, -0.25) is 4.79 Å². The van der Waals surface area contributed by atoms with E-state index in [-0.39, 0.29) is 29.3 Å². The van der Waals surface area contributed by atoms with E-state index in [1.54, 1.807) is 7.05 Å². The van der Waals surface area contributed by atoms with Crippen molar-refractivity contribution in [2.45, 2.75) is 17.9 Å². The Morgan fingerprint density at radius 2 is 2.14 bits per heavy atom. The summed E-state index contributed by atoms with van der Waals surface area (Å²) in [6.45, 7) is 3.46. The van der Waals surface area contributed by atoms with Crippen LogP contribution in [0, 0.1) is 0 Å². The Morgan fingerprint density at radius 3 is 2.71 bits per heavy atom. The molecule has 2 heterocycles. The summed E-state index contributed by atoms with van der Waals surface area (Å²) in [5, 5.41) is 5.70. The number of rotatable bonds is 3. The van der Waals surface area contributed by atoms with Gasteiger partial charge in [-0.05, 0) is 13.0 Å². The Balaban J connectivity index is 0.00000220. The second kappa shape index (κ2) is 6.78. The third-order valence-corrected chi connectivity index (χ3v) is 5.24. The molecule has 21 heavy (non-hydrogen) atoms. The van der Waals surface area contributed by atoms with Crippen molar-refractivity contribution >= 4 is 28.3 Å². The summed E-state index contributed by atoms with van der Waals surface area (Å²) in [6.07, 6.45) is 1.48. The van der Waals surface area contributed by atoms with E-state index in [9.17, 15) is 13.2 Å². The number of hydrogen-bond acceptors (Lipinski definition) is 4. The molecular formula is C12H21ClN4O3S. The number of aromatic nitrogens is 1. The van der Waals surface area contributed by atoms with Gasteiger partial charge in [0.2, 0.25) is 10.0 Å². The first kappa shape index (κ1) is 18.0. The van der Waals surface area contributed by atoms with Crippen LogP contribution >= 0.6 is 12.4 Å². The molecule has 0 aliphatic carbocycles. The van der Waals surface area contributed by atoms with Crippen LogP contribution in [-0.2, 0) is 17.1 Å². The first-order valence-corrected chi connectivity index (χ1v) is 7.92. The van der Waals surface area contributed by atoms with Crippen molar-refractivity contribution in [1.82, 2.24) is 19.5 Å². The number of piperazine rings is 1. The van der Waals surface area contributed by atoms with Gasteiger partial charge in [0, 0.05) is 46.0 Å². The lowest BCUT2D eigenvalue weighted by atomic mass is 10.3. The third-order valence-electron chi connectivity index (χ3n) is 3.41. The molecule has 2 N–H and O–H groups in total. The summed E-state index contributed by atoms with van der Waals surface area (Å²) in [4.78, 5) is 11.8. The van der Waals surface area contributed by atoms with Gasteiger partial charge in [0.15, 0.2) is 0 Å². The standard InChI is InChI=1S/C12H20N4O3S.ClH/c1-9-7-16(5-4-14-9)20(18,19)10-6-11(12(17)13-2)15(3)8-10;/h6,8-9,14H,4-5,7H2,1-3H3,(H,13,17);1H/t9-;/m1./s1. The van der Waals surface area contributed by atoms with E-state index in [2.05, 4.69) is 10.6 Å². The number of nitrogens with zero attached hydrogens (tertiary/aromatic N) is 2. The molecule has 1 aromatic heterocycles. The Morgan fingerprint density at radius 1 is 1.48 bits per heavy atom. The third kappa shape index (κ3) is 3.57. The van der Waals surface area contributed by atoms with Crippen LogP contribution in [0.5, 0.6) is 0 Å². The molecule has 9 heteroatoms. The van der Waals surface area contributed by atoms with Gasteiger partial charge in [-0.25, -0.2) is 8.42 Å². The van der Waals surface area contributed by atoms with Gasteiger partial charge in [-0.2, -0.15) is 4.31 Å². The summed E-state index contributed by atoms with van der Waals surface area (Å²) in [6, 6.07) is 1.54. The van der Waals surface area contributed by atoms with Crippen LogP contribution in [0.3, 0.4) is 0 Å². The van der Waals surface area contributed by atoms with Gasteiger partial charge < -0.3 is 15.2 Å². The Hall–Kier alpha value is -1.09. The Labute approximate surface area is 131 Å². The number of carbonyl (C=O) groups is 1. The molecule has 0 saturated carbocycles. The highest BCUT2D eigenvalue weighted by Crippen LogP contribution is 2.19. The Bertz CT molecular complexity index is 614. The van der Waals surface area contributed by atoms with Crippen molar-refractivity contribution in [2.24, 2.45) is 7.05 Å². The predicted octanol–water partition coefficient (Wildman–Crippen LogP) is -0.211. The van der Waals surface area contributed by atoms with Gasteiger partial charge >= 0.3 is 0 Å². The van der Waals surface area contributed by atoms with Crippen molar-refractivity contribution in [3.05, 3.63) is 18.0 Å². The zero-order valence-electron chi connectivity index (χ0n) is 12.3. The molecule has 1 aromatic rings. The molecule has 1 aliphatic rings. The summed E-state index contributed by atoms with van der Waals surface area (Å²) >= 11 is 0. The quantitative estimate of drug-likeness (QED) is 0.800. The number of sulfonamides is 1. The summed E-state index contributed by atoms with van der Waals surface area (Å²) in [5.41, 5.74) is 0.328. The van der Waals surface area contributed by atoms with Gasteiger partial charge in [0.05, 0.1) is 0 Å². The van der Waals surface area contributed by atoms with Crippen LogP contribution in [0.25, 0.3) is 0 Å². The molecule has 1 atom stereocenters. The number of amides is 1. The van der Waals surface area contributed by atoms with Gasteiger partial charge in [0.25, 0.3) is 5.91 Å². The SMILES string of the molecule is CNC(=O)c1cc(S(=O)(=O)N2CCN[C@H](C)C2)cn1C.Cl. The highest BCUT2D eigenvalue weighted by Gasteiger charge is 2.30. The zero-order valence-corrected chi connectivity index (χ0v) is 13.9. The van der Waals surface area contributed by atoms with Crippen molar-refractivity contribution in [1.29, 1.82) is 0 Å². The monoisotopic (exact) mass is 336 g/mol. The molecule has 1 fully saturated rings. The van der Waals surface area contributed by atoms with Crippen molar-refractivity contribution < 1.29 is 13.2 Å². The Kier molecular flexibility index (Phi) is 5.80. The lowest BCUT2D eigenvalue weighted by Crippen LogP contribution is -2.51. The minimum atomic E-state index is -3.55. The van der Waals surface area contributed by atoms with Crippen molar-refractivity contribution in [2.75, 3.05) is 26.7 Å². The van der Waals surface area contributed by atoms with E-state index >= 15 is 0 Å². The molecule has 120 valence electrons. The van der Waals surface area contributed by atoms with Crippen LogP contribution in [0.2, 0.25) is 0 Å². The van der Waals surface area contributed by atoms with Gasteiger partial charge in [0.1, 0.15) is 10.6 Å². The van der Waals surface area contributed by atoms with Gasteiger partial charge in [-0.1, -0.05) is 0 Å². The normalized spacial score (nSPS) is 19.9. The molecular weight excluding hydrogens is 316 g/mol. The summed E-state index contributed by atoms with van der Waals surface area (Å²) in [7, 11) is -0.374. The number of nitrogens with one attached hydrogen (secondary N) is 2. The fraction of sp³-hybridized carbons (Fsp3) is 0.583. The number of halogens is 1. The van der Waals surface area contributed by atoms with E-state index in [0.717, 1.165) is 0 Å². The fourth-order valence-electron chi connectivity index (χ4n) is 2.29. The number of carbonyl (C=O) groups excluding carboxylic acids is 1. The molecule has 0 bridgehead atoms. The smallest absolute Gasteiger partial charge is 0.267 e. The van der Waals surface area contributed by atoms with E-state index in [1.807, 2.05) is 6.92 Å². The lowest BCUT2D eigenvalue weighted by Gasteiger charge is -2.30. The van der Waals surface area contributed by atoms with E-state index < -0.39 is 10.0 Å². The van der Waals surface area contributed by atoms with Crippen LogP contribution in [0.4, 0.5) is 0 Å². The summed E-state index contributed by atoms with van der Waals surface area (Å²) < 4.78 is 28.1. The van der Waals surface area contributed by atoms with Crippen molar-refractivity contribution in [3.63, 3.8) is 0 Å². The average Bonchev–Trinajstić information content (AvgIpc) is 2.80. The average molecular weight is 337 g/mol. The molecule has 1 amide bonds. The first-order chi connectivity index (χ1) is 9.36. The molecule has 1 aliphatic heterocycles. The molecule has 0 aromatic carbocycles. The van der Waals surface area contributed by atoms with E-state index in [4.69, 9.17) is 0 Å². The maximum absolute atomic E-state index is 12.6. The highest BCUT2D eigenvalue weighted by atomic mass is 35.5.